The Kier molecular flexibility index (Phi) is 6.59. The number of nitrogens with one attached hydrogen (secondary N) is 1. The Labute approximate surface area is 136 Å². The number of nitrogens with two attached hydrogens (primary N) is 1. The zero-order valence-electron chi connectivity index (χ0n) is 13.2. The van der Waals surface area contributed by atoms with Crippen LogP contribution in [0.3, 0.4) is 0 Å². The number of hydrogen-bond acceptors (Lipinski definition) is 4. The normalized spacial score (nSPS) is 11.7. The number of amides is 1. The molecule has 0 saturated heterocycles. The predicted molar refractivity (Wildman–Crippen MR) is 89.5 cm³/mol. The minimum Gasteiger partial charge on any atom is -0.490 e. The topological polar surface area (TPSA) is 73.6 Å². The number of carbonyl (C=O) groups is 1. The first-order chi connectivity index (χ1) is 11.2. The van der Waals surface area contributed by atoms with Crippen molar-refractivity contribution in [1.29, 1.82) is 0 Å². The van der Waals surface area contributed by atoms with Crippen LogP contribution in [0, 0.1) is 0 Å². The molecule has 0 radical (unpaired) electrons. The van der Waals surface area contributed by atoms with Gasteiger partial charge >= 0.3 is 0 Å². The van der Waals surface area contributed by atoms with E-state index in [1.807, 2.05) is 36.4 Å². The maximum absolute atomic E-state index is 12.4. The van der Waals surface area contributed by atoms with Gasteiger partial charge < -0.3 is 20.5 Å². The average molecular weight is 314 g/mol. The molecule has 1 atom stereocenters. The van der Waals surface area contributed by atoms with Gasteiger partial charge in [0.15, 0.2) is 0 Å². The van der Waals surface area contributed by atoms with Crippen LogP contribution in [0.1, 0.15) is 22.0 Å². The van der Waals surface area contributed by atoms with Gasteiger partial charge in [-0.1, -0.05) is 42.5 Å². The second-order valence-corrected chi connectivity index (χ2v) is 5.06. The molecule has 2 aromatic carbocycles. The van der Waals surface area contributed by atoms with E-state index in [4.69, 9.17) is 15.2 Å². The van der Waals surface area contributed by atoms with Gasteiger partial charge in [0.05, 0.1) is 12.2 Å². The minimum absolute atomic E-state index is 0.204. The first kappa shape index (κ1) is 17.0. The molecule has 0 heterocycles. The third kappa shape index (κ3) is 5.09. The van der Waals surface area contributed by atoms with Gasteiger partial charge in [-0.3, -0.25) is 4.79 Å². The Balaban J connectivity index is 1.95. The molecule has 0 aliphatic carbocycles. The summed E-state index contributed by atoms with van der Waals surface area (Å²) >= 11 is 0. The fourth-order valence-electron chi connectivity index (χ4n) is 2.13. The van der Waals surface area contributed by atoms with Crippen molar-refractivity contribution in [3.05, 3.63) is 65.7 Å². The van der Waals surface area contributed by atoms with Gasteiger partial charge in [-0.25, -0.2) is 0 Å². The molecule has 1 unspecified atom stereocenters. The second kappa shape index (κ2) is 8.92. The summed E-state index contributed by atoms with van der Waals surface area (Å²) in [6, 6.07) is 16.5. The highest BCUT2D eigenvalue weighted by molar-refractivity contribution is 5.96. The van der Waals surface area contributed by atoms with Crippen molar-refractivity contribution in [1.82, 2.24) is 5.32 Å². The average Bonchev–Trinajstić information content (AvgIpc) is 2.61. The van der Waals surface area contributed by atoms with Crippen molar-refractivity contribution in [3.8, 4) is 5.75 Å². The summed E-state index contributed by atoms with van der Waals surface area (Å²) in [6.07, 6.45) is 0. The summed E-state index contributed by atoms with van der Waals surface area (Å²) in [5.41, 5.74) is 7.57. The molecule has 23 heavy (non-hydrogen) atoms. The fraction of sp³-hybridized carbons (Fsp3) is 0.278. The van der Waals surface area contributed by atoms with Crippen molar-refractivity contribution >= 4 is 5.91 Å². The molecule has 0 bridgehead atoms. The Morgan fingerprint density at radius 3 is 2.52 bits per heavy atom. The number of rotatable bonds is 8. The lowest BCUT2D eigenvalue weighted by Crippen LogP contribution is -2.32. The van der Waals surface area contributed by atoms with Crippen molar-refractivity contribution in [3.63, 3.8) is 0 Å². The number of hydrogen-bond donors (Lipinski definition) is 2. The number of para-hydroxylation sites is 1. The molecule has 0 aliphatic heterocycles. The van der Waals surface area contributed by atoms with E-state index in [-0.39, 0.29) is 11.9 Å². The zero-order valence-corrected chi connectivity index (χ0v) is 13.2. The van der Waals surface area contributed by atoms with Crippen molar-refractivity contribution < 1.29 is 14.3 Å². The Morgan fingerprint density at radius 1 is 1.09 bits per heavy atom. The van der Waals surface area contributed by atoms with E-state index < -0.39 is 0 Å². The largest absolute Gasteiger partial charge is 0.490 e. The highest BCUT2D eigenvalue weighted by Gasteiger charge is 2.13. The van der Waals surface area contributed by atoms with Crippen LogP contribution >= 0.6 is 0 Å². The highest BCUT2D eigenvalue weighted by Crippen LogP contribution is 2.18. The van der Waals surface area contributed by atoms with Crippen LogP contribution < -0.4 is 15.8 Å². The van der Waals surface area contributed by atoms with Crippen LogP contribution in [0.2, 0.25) is 0 Å². The lowest BCUT2D eigenvalue weighted by atomic mass is 10.1. The summed E-state index contributed by atoms with van der Waals surface area (Å²) in [5.74, 6) is 0.333. The van der Waals surface area contributed by atoms with Crippen molar-refractivity contribution in [2.45, 2.75) is 6.04 Å². The van der Waals surface area contributed by atoms with Gasteiger partial charge in [-0.05, 0) is 17.7 Å². The molecule has 0 aromatic heterocycles. The van der Waals surface area contributed by atoms with Crippen molar-refractivity contribution in [2.24, 2.45) is 5.73 Å². The number of carbonyl (C=O) groups excluding carboxylic acids is 1. The zero-order chi connectivity index (χ0) is 16.5. The van der Waals surface area contributed by atoms with E-state index in [9.17, 15) is 4.79 Å². The van der Waals surface area contributed by atoms with Crippen LogP contribution in [0.25, 0.3) is 0 Å². The Bertz CT molecular complexity index is 617. The summed E-state index contributed by atoms with van der Waals surface area (Å²) in [4.78, 5) is 12.4. The quantitative estimate of drug-likeness (QED) is 0.732. The summed E-state index contributed by atoms with van der Waals surface area (Å²) in [5, 5.41) is 2.85. The summed E-state index contributed by atoms with van der Waals surface area (Å²) in [6.45, 7) is 1.22. The second-order valence-electron chi connectivity index (χ2n) is 5.06. The van der Waals surface area contributed by atoms with E-state index in [2.05, 4.69) is 5.32 Å². The first-order valence-corrected chi connectivity index (χ1v) is 7.52. The fourth-order valence-corrected chi connectivity index (χ4v) is 2.13. The van der Waals surface area contributed by atoms with Crippen LogP contribution in [-0.2, 0) is 4.74 Å². The molecule has 0 fully saturated rings. The molecular formula is C18H22N2O3. The van der Waals surface area contributed by atoms with Crippen LogP contribution in [0.4, 0.5) is 0 Å². The molecule has 5 heteroatoms. The van der Waals surface area contributed by atoms with Crippen LogP contribution in [-0.4, -0.2) is 32.8 Å². The summed E-state index contributed by atoms with van der Waals surface area (Å²) < 4.78 is 10.5. The Hall–Kier alpha value is -2.37. The maximum atomic E-state index is 12.4. The van der Waals surface area contributed by atoms with Gasteiger partial charge in [-0.2, -0.15) is 0 Å². The molecule has 122 valence electrons. The molecule has 2 rings (SSSR count). The van der Waals surface area contributed by atoms with Crippen LogP contribution in [0.15, 0.2) is 54.6 Å². The van der Waals surface area contributed by atoms with Gasteiger partial charge in [0.25, 0.3) is 5.91 Å². The molecule has 1 amide bonds. The van der Waals surface area contributed by atoms with Gasteiger partial charge in [0.1, 0.15) is 12.4 Å². The third-order valence-electron chi connectivity index (χ3n) is 3.39. The van der Waals surface area contributed by atoms with Gasteiger partial charge in [-0.15, -0.1) is 0 Å². The molecule has 0 spiro atoms. The van der Waals surface area contributed by atoms with Crippen LogP contribution in [0.5, 0.6) is 5.75 Å². The van der Waals surface area contributed by atoms with E-state index in [1.165, 1.54) is 0 Å². The van der Waals surface area contributed by atoms with Crippen molar-refractivity contribution in [2.75, 3.05) is 26.9 Å². The molecule has 2 aromatic rings. The van der Waals surface area contributed by atoms with E-state index in [1.54, 1.807) is 25.3 Å². The minimum atomic E-state index is -0.248. The third-order valence-corrected chi connectivity index (χ3v) is 3.39. The Morgan fingerprint density at radius 2 is 1.78 bits per heavy atom. The number of ether oxygens (including phenoxy) is 2. The maximum Gasteiger partial charge on any atom is 0.255 e. The monoisotopic (exact) mass is 314 g/mol. The molecule has 0 aliphatic rings. The molecule has 5 nitrogen and oxygen atoms in total. The predicted octanol–water partition coefficient (Wildman–Crippen LogP) is 2.14. The van der Waals surface area contributed by atoms with E-state index >= 15 is 0 Å². The molecule has 0 saturated carbocycles. The first-order valence-electron chi connectivity index (χ1n) is 7.52. The van der Waals surface area contributed by atoms with Gasteiger partial charge in [0.2, 0.25) is 0 Å². The molecular weight excluding hydrogens is 292 g/mol. The SMILES string of the molecule is COCCOc1ccccc1C(=O)NCC(N)c1ccccc1. The summed E-state index contributed by atoms with van der Waals surface area (Å²) in [7, 11) is 1.60. The standard InChI is InChI=1S/C18H22N2O3/c1-22-11-12-23-17-10-6-5-9-15(17)18(21)20-13-16(19)14-7-3-2-4-8-14/h2-10,16H,11-13,19H2,1H3,(H,20,21). The van der Waals surface area contributed by atoms with Gasteiger partial charge in [0, 0.05) is 19.7 Å². The lowest BCUT2D eigenvalue weighted by Gasteiger charge is -2.15. The van der Waals surface area contributed by atoms with E-state index in [0.717, 1.165) is 5.56 Å². The van der Waals surface area contributed by atoms with E-state index in [0.29, 0.717) is 31.1 Å². The smallest absolute Gasteiger partial charge is 0.255 e. The molecule has 3 N–H and O–H groups in total. The highest BCUT2D eigenvalue weighted by atomic mass is 16.5. The lowest BCUT2D eigenvalue weighted by molar-refractivity contribution is 0.0943. The number of benzene rings is 2. The number of methoxy groups -OCH3 is 1.